The number of nitrogens with zero attached hydrogens (tertiary/aromatic N) is 1. The van der Waals surface area contributed by atoms with E-state index in [0.717, 1.165) is 12.0 Å². The summed E-state index contributed by atoms with van der Waals surface area (Å²) in [6.07, 6.45) is 2.17. The largest absolute Gasteiger partial charge is 0.355 e. The number of thiophene rings is 1. The van der Waals surface area contributed by atoms with Crippen LogP contribution in [-0.2, 0) is 21.2 Å². The van der Waals surface area contributed by atoms with E-state index in [9.17, 15) is 13.2 Å². The Hall–Kier alpha value is -1.41. The summed E-state index contributed by atoms with van der Waals surface area (Å²) >= 11 is 7.78. The third-order valence-corrected chi connectivity index (χ3v) is 8.43. The number of sulfonamides is 1. The summed E-state index contributed by atoms with van der Waals surface area (Å²) < 4.78 is 27.8. The smallest absolute Gasteiger partial charge is 0.243 e. The van der Waals surface area contributed by atoms with Crippen LogP contribution >= 0.6 is 22.9 Å². The zero-order valence-corrected chi connectivity index (χ0v) is 18.5. The molecule has 1 fully saturated rings. The van der Waals surface area contributed by atoms with E-state index in [0.29, 0.717) is 36.5 Å². The van der Waals surface area contributed by atoms with Gasteiger partial charge in [-0.15, -0.1) is 11.3 Å². The molecule has 152 valence electrons. The molecule has 0 saturated carbocycles. The van der Waals surface area contributed by atoms with Crippen LogP contribution in [0.5, 0.6) is 0 Å². The Labute approximate surface area is 175 Å². The molecule has 28 heavy (non-hydrogen) atoms. The average Bonchev–Trinajstić information content (AvgIpc) is 3.18. The van der Waals surface area contributed by atoms with Crippen molar-refractivity contribution in [2.75, 3.05) is 19.6 Å². The number of halogens is 1. The molecule has 1 atom stereocenters. The quantitative estimate of drug-likeness (QED) is 0.743. The van der Waals surface area contributed by atoms with Crippen molar-refractivity contribution in [2.24, 2.45) is 5.92 Å². The third kappa shape index (κ3) is 4.76. The van der Waals surface area contributed by atoms with E-state index in [4.69, 9.17) is 11.6 Å². The topological polar surface area (TPSA) is 66.5 Å². The Morgan fingerprint density at radius 3 is 2.82 bits per heavy atom. The molecule has 0 spiro atoms. The minimum Gasteiger partial charge on any atom is -0.355 e. The van der Waals surface area contributed by atoms with Crippen molar-refractivity contribution in [2.45, 2.75) is 38.0 Å². The van der Waals surface area contributed by atoms with Gasteiger partial charge in [0.05, 0.1) is 10.8 Å². The SMILES string of the molecule is Cc1cc(S(=O)(=O)N2CCCC(C(=O)NCCc3cccs3)C2)c(C)cc1Cl. The monoisotopic (exact) mass is 440 g/mol. The fourth-order valence-corrected chi connectivity index (χ4v) is 6.20. The molecule has 1 amide bonds. The lowest BCUT2D eigenvalue weighted by Gasteiger charge is -2.31. The van der Waals surface area contributed by atoms with Gasteiger partial charge in [-0.2, -0.15) is 4.31 Å². The van der Waals surface area contributed by atoms with Crippen molar-refractivity contribution in [1.29, 1.82) is 0 Å². The molecule has 8 heteroatoms. The summed E-state index contributed by atoms with van der Waals surface area (Å²) in [5.74, 6) is -0.388. The number of nitrogens with one attached hydrogen (secondary N) is 1. The van der Waals surface area contributed by atoms with Crippen LogP contribution in [0.3, 0.4) is 0 Å². The normalized spacial score (nSPS) is 18.2. The first-order valence-corrected chi connectivity index (χ1v) is 12.1. The summed E-state index contributed by atoms with van der Waals surface area (Å²) in [4.78, 5) is 14.0. The molecule has 0 bridgehead atoms. The van der Waals surface area contributed by atoms with Crippen LogP contribution in [0.2, 0.25) is 5.02 Å². The number of hydrogen-bond acceptors (Lipinski definition) is 4. The fourth-order valence-electron chi connectivity index (χ4n) is 3.45. The summed E-state index contributed by atoms with van der Waals surface area (Å²) in [5, 5.41) is 5.53. The van der Waals surface area contributed by atoms with Gasteiger partial charge in [0.15, 0.2) is 0 Å². The van der Waals surface area contributed by atoms with E-state index < -0.39 is 10.0 Å². The van der Waals surface area contributed by atoms with Gasteiger partial charge in [-0.3, -0.25) is 4.79 Å². The van der Waals surface area contributed by atoms with Crippen molar-refractivity contribution in [3.63, 3.8) is 0 Å². The van der Waals surface area contributed by atoms with E-state index in [1.54, 1.807) is 37.3 Å². The van der Waals surface area contributed by atoms with E-state index in [-0.39, 0.29) is 23.3 Å². The van der Waals surface area contributed by atoms with Crippen molar-refractivity contribution < 1.29 is 13.2 Å². The highest BCUT2D eigenvalue weighted by Crippen LogP contribution is 2.29. The summed E-state index contributed by atoms with van der Waals surface area (Å²) in [6, 6.07) is 7.34. The summed E-state index contributed by atoms with van der Waals surface area (Å²) in [6.45, 7) is 4.76. The zero-order chi connectivity index (χ0) is 20.3. The molecule has 0 radical (unpaired) electrons. The van der Waals surface area contributed by atoms with E-state index in [2.05, 4.69) is 5.32 Å². The molecule has 5 nitrogen and oxygen atoms in total. The Morgan fingerprint density at radius 1 is 1.32 bits per heavy atom. The summed E-state index contributed by atoms with van der Waals surface area (Å²) in [7, 11) is -3.66. The lowest BCUT2D eigenvalue weighted by molar-refractivity contribution is -0.126. The maximum absolute atomic E-state index is 13.2. The maximum Gasteiger partial charge on any atom is 0.243 e. The lowest BCUT2D eigenvalue weighted by Crippen LogP contribution is -2.45. The van der Waals surface area contributed by atoms with Crippen LogP contribution < -0.4 is 5.32 Å². The van der Waals surface area contributed by atoms with Gasteiger partial charge in [-0.25, -0.2) is 8.42 Å². The summed E-state index contributed by atoms with van der Waals surface area (Å²) in [5.41, 5.74) is 1.35. The van der Waals surface area contributed by atoms with Crippen LogP contribution in [-0.4, -0.2) is 38.3 Å². The van der Waals surface area contributed by atoms with Gasteiger partial charge in [-0.05, 0) is 67.8 Å². The van der Waals surface area contributed by atoms with Gasteiger partial charge in [0.1, 0.15) is 0 Å². The molecule has 2 aromatic rings. The van der Waals surface area contributed by atoms with Gasteiger partial charge >= 0.3 is 0 Å². The van der Waals surface area contributed by atoms with Crippen LogP contribution in [0, 0.1) is 19.8 Å². The second-order valence-corrected chi connectivity index (χ2v) is 10.5. The van der Waals surface area contributed by atoms with E-state index in [1.165, 1.54) is 9.18 Å². The van der Waals surface area contributed by atoms with Crippen LogP contribution in [0.4, 0.5) is 0 Å². The minimum atomic E-state index is -3.66. The zero-order valence-electron chi connectivity index (χ0n) is 16.1. The number of hydrogen-bond donors (Lipinski definition) is 1. The van der Waals surface area contributed by atoms with E-state index >= 15 is 0 Å². The molecule has 3 rings (SSSR count). The number of amides is 1. The van der Waals surface area contributed by atoms with Crippen molar-refractivity contribution in [3.05, 3.63) is 50.7 Å². The van der Waals surface area contributed by atoms with Gasteiger partial charge in [0, 0.05) is 29.5 Å². The van der Waals surface area contributed by atoms with Crippen LogP contribution in [0.1, 0.15) is 28.8 Å². The number of carbonyl (C=O) groups is 1. The molecule has 1 aliphatic rings. The molecule has 1 aromatic heterocycles. The Bertz CT molecular complexity index is 943. The molecule has 0 aliphatic carbocycles. The highest BCUT2D eigenvalue weighted by Gasteiger charge is 2.34. The minimum absolute atomic E-state index is 0.0690. The van der Waals surface area contributed by atoms with Gasteiger partial charge in [-0.1, -0.05) is 17.7 Å². The highest BCUT2D eigenvalue weighted by molar-refractivity contribution is 7.89. The molecule has 1 aliphatic heterocycles. The van der Waals surface area contributed by atoms with Crippen molar-refractivity contribution >= 4 is 38.9 Å². The van der Waals surface area contributed by atoms with Crippen LogP contribution in [0.15, 0.2) is 34.5 Å². The second-order valence-electron chi connectivity index (χ2n) is 7.19. The number of aryl methyl sites for hydroxylation is 2. The first-order chi connectivity index (χ1) is 13.3. The second kappa shape index (κ2) is 8.95. The lowest BCUT2D eigenvalue weighted by atomic mass is 9.99. The van der Waals surface area contributed by atoms with E-state index in [1.807, 2.05) is 17.5 Å². The Kier molecular flexibility index (Phi) is 6.81. The van der Waals surface area contributed by atoms with Gasteiger partial charge in [0.2, 0.25) is 15.9 Å². The average molecular weight is 441 g/mol. The number of carbonyl (C=O) groups excluding carboxylic acids is 1. The van der Waals surface area contributed by atoms with Crippen LogP contribution in [0.25, 0.3) is 0 Å². The standard InChI is InChI=1S/C20H25ClN2O3S2/c1-14-12-19(15(2)11-18(14)21)28(25,26)23-9-3-5-16(13-23)20(24)22-8-7-17-6-4-10-27-17/h4,6,10-12,16H,3,5,7-9,13H2,1-2H3,(H,22,24). The van der Waals surface area contributed by atoms with Crippen molar-refractivity contribution in [1.82, 2.24) is 9.62 Å². The van der Waals surface area contributed by atoms with Crippen molar-refractivity contribution in [3.8, 4) is 0 Å². The number of benzene rings is 1. The maximum atomic E-state index is 13.2. The first-order valence-electron chi connectivity index (χ1n) is 9.36. The van der Waals surface area contributed by atoms with Gasteiger partial charge in [0.25, 0.3) is 0 Å². The number of piperidine rings is 1. The van der Waals surface area contributed by atoms with Gasteiger partial charge < -0.3 is 5.32 Å². The molecular weight excluding hydrogens is 416 g/mol. The third-order valence-electron chi connectivity index (χ3n) is 5.08. The fraction of sp³-hybridized carbons (Fsp3) is 0.450. The predicted molar refractivity (Wildman–Crippen MR) is 113 cm³/mol. The molecule has 1 saturated heterocycles. The highest BCUT2D eigenvalue weighted by atomic mass is 35.5. The molecular formula is C20H25ClN2O3S2. The number of rotatable bonds is 6. The first kappa shape index (κ1) is 21.3. The molecule has 1 N–H and O–H groups in total. The predicted octanol–water partition coefficient (Wildman–Crippen LogP) is 3.78. The molecule has 2 heterocycles. The molecule has 1 aromatic carbocycles. The molecule has 1 unspecified atom stereocenters. The Morgan fingerprint density at radius 2 is 2.11 bits per heavy atom. The Balaban J connectivity index is 1.66.